The molecule has 0 bridgehead atoms. The van der Waals surface area contributed by atoms with Crippen LogP contribution in [0.5, 0.6) is 0 Å². The smallest absolute Gasteiger partial charge is 0.283 e. The minimum atomic E-state index is -2.95. The maximum Gasteiger partial charge on any atom is 0.283 e. The highest BCUT2D eigenvalue weighted by Gasteiger charge is 2.32. The van der Waals surface area contributed by atoms with Gasteiger partial charge >= 0.3 is 0 Å². The first-order chi connectivity index (χ1) is 17.8. The second kappa shape index (κ2) is 9.26. The van der Waals surface area contributed by atoms with Crippen LogP contribution in [0.1, 0.15) is 34.5 Å². The zero-order valence-electron chi connectivity index (χ0n) is 19.5. The Hall–Kier alpha value is -4.94. The largest absolute Gasteiger partial charge is 0.389 e. The molecule has 0 unspecified atom stereocenters. The van der Waals surface area contributed by atoms with Crippen LogP contribution in [0.4, 0.5) is 14.6 Å². The molecule has 1 fully saturated rings. The third kappa shape index (κ3) is 4.09. The number of hydrogen-bond donors (Lipinski definition) is 1. The summed E-state index contributed by atoms with van der Waals surface area (Å²) in [7, 11) is 0. The standard InChI is InChI=1S/C25H19F2N9O/c1-3-30-21-7-17(35-11-15(8-28)10-31-35)5-4-16(21)6-19-14(2)32-24-20(9-29)22(23(26)27)33-36(24)25(19)34-12-18(37)13-34/h3-7,10-11,18,23,37H,1,12-13H2,2H3/b16-6+,30-21?. The van der Waals surface area contributed by atoms with Crippen molar-refractivity contribution in [3.63, 3.8) is 0 Å². The van der Waals surface area contributed by atoms with Gasteiger partial charge in [-0.05, 0) is 25.2 Å². The summed E-state index contributed by atoms with van der Waals surface area (Å²) in [6.45, 7) is 5.95. The molecule has 0 atom stereocenters. The molecule has 0 amide bonds. The molecule has 37 heavy (non-hydrogen) atoms. The fraction of sp³-hybridized carbons (Fsp3) is 0.200. The van der Waals surface area contributed by atoms with Crippen LogP contribution in [-0.2, 0) is 0 Å². The number of aliphatic hydroxyl groups is 1. The summed E-state index contributed by atoms with van der Waals surface area (Å²) >= 11 is 0. The number of hydrogen-bond acceptors (Lipinski definition) is 8. The van der Waals surface area contributed by atoms with Gasteiger partial charge in [-0.2, -0.15) is 25.2 Å². The van der Waals surface area contributed by atoms with Crippen molar-refractivity contribution in [1.82, 2.24) is 24.4 Å². The number of nitriles is 2. The number of halogens is 2. The van der Waals surface area contributed by atoms with Crippen LogP contribution in [-0.4, -0.2) is 54.4 Å². The second-order valence-electron chi connectivity index (χ2n) is 8.39. The van der Waals surface area contributed by atoms with Crippen LogP contribution >= 0.6 is 0 Å². The molecule has 1 saturated heterocycles. The van der Waals surface area contributed by atoms with E-state index in [1.54, 1.807) is 53.1 Å². The van der Waals surface area contributed by atoms with Gasteiger partial charge in [-0.15, -0.1) is 0 Å². The number of alkyl halides is 2. The average Bonchev–Trinajstić information content (AvgIpc) is 3.48. The molecule has 1 aliphatic heterocycles. The van der Waals surface area contributed by atoms with Crippen molar-refractivity contribution in [2.24, 2.45) is 4.99 Å². The Labute approximate surface area is 209 Å². The first-order valence-electron chi connectivity index (χ1n) is 11.1. The zero-order chi connectivity index (χ0) is 26.3. The average molecular weight is 499 g/mol. The number of allylic oxidation sites excluding steroid dienone is 5. The Balaban J connectivity index is 1.68. The van der Waals surface area contributed by atoms with E-state index in [9.17, 15) is 19.1 Å². The van der Waals surface area contributed by atoms with E-state index in [4.69, 9.17) is 5.26 Å². The second-order valence-corrected chi connectivity index (χ2v) is 8.39. The Morgan fingerprint density at radius 3 is 2.68 bits per heavy atom. The predicted molar refractivity (Wildman–Crippen MR) is 132 cm³/mol. The van der Waals surface area contributed by atoms with Crippen molar-refractivity contribution in [3.05, 3.63) is 77.1 Å². The summed E-state index contributed by atoms with van der Waals surface area (Å²) in [5.74, 6) is 0.440. The van der Waals surface area contributed by atoms with Gasteiger partial charge < -0.3 is 10.0 Å². The fourth-order valence-electron chi connectivity index (χ4n) is 4.22. The molecule has 3 aromatic rings. The zero-order valence-corrected chi connectivity index (χ0v) is 19.5. The number of aromatic nitrogens is 5. The quantitative estimate of drug-likeness (QED) is 0.570. The highest BCUT2D eigenvalue weighted by molar-refractivity contribution is 6.18. The molecular weight excluding hydrogens is 480 g/mol. The third-order valence-electron chi connectivity index (χ3n) is 5.99. The lowest BCUT2D eigenvalue weighted by Crippen LogP contribution is -2.52. The minimum Gasteiger partial charge on any atom is -0.389 e. The van der Waals surface area contributed by atoms with Gasteiger partial charge in [-0.3, -0.25) is 4.99 Å². The molecule has 5 rings (SSSR count). The van der Waals surface area contributed by atoms with Crippen molar-refractivity contribution in [2.75, 3.05) is 18.0 Å². The van der Waals surface area contributed by atoms with E-state index < -0.39 is 18.2 Å². The first-order valence-corrected chi connectivity index (χ1v) is 11.1. The topological polar surface area (TPSA) is 131 Å². The molecule has 0 saturated carbocycles. The van der Waals surface area contributed by atoms with Crippen molar-refractivity contribution in [2.45, 2.75) is 19.5 Å². The van der Waals surface area contributed by atoms with Gasteiger partial charge in [0, 0.05) is 36.6 Å². The van der Waals surface area contributed by atoms with E-state index in [1.165, 1.54) is 16.9 Å². The summed E-state index contributed by atoms with van der Waals surface area (Å²) in [6, 6.07) is 3.84. The van der Waals surface area contributed by atoms with Gasteiger partial charge in [-0.1, -0.05) is 12.7 Å². The van der Waals surface area contributed by atoms with Crippen LogP contribution in [0, 0.1) is 29.6 Å². The van der Waals surface area contributed by atoms with Crippen molar-refractivity contribution in [1.29, 1.82) is 10.5 Å². The van der Waals surface area contributed by atoms with Crippen molar-refractivity contribution < 1.29 is 13.9 Å². The van der Waals surface area contributed by atoms with Gasteiger partial charge in [0.05, 0.1) is 35.0 Å². The van der Waals surface area contributed by atoms with Gasteiger partial charge in [0.2, 0.25) is 0 Å². The number of aryl methyl sites for hydroxylation is 1. The molecule has 12 heteroatoms. The number of rotatable bonds is 5. The Bertz CT molecular complexity index is 1640. The van der Waals surface area contributed by atoms with E-state index in [1.807, 2.05) is 6.07 Å². The normalized spacial score (nSPS) is 17.8. The lowest BCUT2D eigenvalue weighted by molar-refractivity contribution is 0.139. The number of aliphatic imine (C=N–C) groups is 1. The van der Waals surface area contributed by atoms with Gasteiger partial charge in [0.25, 0.3) is 6.43 Å². The molecule has 1 aliphatic carbocycles. The minimum absolute atomic E-state index is 0.0298. The van der Waals surface area contributed by atoms with Gasteiger partial charge in [0.1, 0.15) is 29.2 Å². The Morgan fingerprint density at radius 1 is 1.27 bits per heavy atom. The molecule has 2 aliphatic rings. The highest BCUT2D eigenvalue weighted by atomic mass is 19.3. The van der Waals surface area contributed by atoms with Crippen molar-refractivity contribution in [3.8, 4) is 12.1 Å². The molecule has 184 valence electrons. The van der Waals surface area contributed by atoms with E-state index in [0.29, 0.717) is 39.6 Å². The maximum absolute atomic E-state index is 13.7. The molecule has 1 N–H and O–H groups in total. The number of anilines is 1. The number of aliphatic hydroxyl groups excluding tert-OH is 1. The molecule has 4 heterocycles. The van der Waals surface area contributed by atoms with E-state index in [0.717, 1.165) is 0 Å². The predicted octanol–water partition coefficient (Wildman–Crippen LogP) is 3.17. The lowest BCUT2D eigenvalue weighted by Gasteiger charge is -2.38. The summed E-state index contributed by atoms with van der Waals surface area (Å²) in [6.07, 6.45) is 8.09. The van der Waals surface area contributed by atoms with Crippen LogP contribution in [0.2, 0.25) is 0 Å². The van der Waals surface area contributed by atoms with E-state index in [-0.39, 0.29) is 24.3 Å². The molecule has 10 nitrogen and oxygen atoms in total. The van der Waals surface area contributed by atoms with Crippen molar-refractivity contribution >= 4 is 28.9 Å². The van der Waals surface area contributed by atoms with Crippen LogP contribution < -0.4 is 4.90 Å². The summed E-state index contributed by atoms with van der Waals surface area (Å²) in [4.78, 5) is 10.6. The van der Waals surface area contributed by atoms with E-state index in [2.05, 4.69) is 26.8 Å². The first kappa shape index (κ1) is 23.8. The molecule has 0 aromatic carbocycles. The Morgan fingerprint density at radius 2 is 2.05 bits per heavy atom. The summed E-state index contributed by atoms with van der Waals surface area (Å²) < 4.78 is 30.1. The monoisotopic (exact) mass is 499 g/mol. The molecule has 0 radical (unpaired) electrons. The van der Waals surface area contributed by atoms with Gasteiger partial charge in [0.15, 0.2) is 5.65 Å². The van der Waals surface area contributed by atoms with Crippen LogP contribution in [0.15, 0.2) is 54.0 Å². The molecule has 0 spiro atoms. The van der Waals surface area contributed by atoms with E-state index >= 15 is 0 Å². The summed E-state index contributed by atoms with van der Waals surface area (Å²) in [5.41, 5.74) is 2.46. The van der Waals surface area contributed by atoms with Crippen LogP contribution in [0.3, 0.4) is 0 Å². The fourth-order valence-corrected chi connectivity index (χ4v) is 4.22. The number of fused-ring (bicyclic) bond motifs is 1. The number of nitrogens with zero attached hydrogens (tertiary/aromatic N) is 9. The SMILES string of the molecule is C=CN=C1C=C(n2cc(C#N)cn2)C=C/C1=C\c1c(C)nc2c(C#N)c(C(F)F)nn2c1N1CC(O)C1. The molecular formula is C25H19F2N9O. The summed E-state index contributed by atoms with van der Waals surface area (Å²) in [5, 5.41) is 36.8. The van der Waals surface area contributed by atoms with Crippen LogP contribution in [0.25, 0.3) is 17.4 Å². The van der Waals surface area contributed by atoms with Gasteiger partial charge in [-0.25, -0.2) is 18.4 Å². The Kier molecular flexibility index (Phi) is 5.95. The highest BCUT2D eigenvalue weighted by Crippen LogP contribution is 2.34. The maximum atomic E-state index is 13.7. The third-order valence-corrected chi connectivity index (χ3v) is 5.99. The number of β-amino-alcohol motifs (C(OH)–C–C–N with tert-alkyl or cyclic N) is 1. The molecule has 3 aromatic heterocycles. The lowest BCUT2D eigenvalue weighted by atomic mass is 9.99.